The fraction of sp³-hybridized carbons (Fsp3) is 0.455. The quantitative estimate of drug-likeness (QED) is 0.858. The van der Waals surface area contributed by atoms with Crippen molar-refractivity contribution in [2.45, 2.75) is 18.9 Å². The van der Waals surface area contributed by atoms with Crippen molar-refractivity contribution in [3.63, 3.8) is 0 Å². The molecule has 1 saturated heterocycles. The Morgan fingerprint density at radius 1 is 1.53 bits per heavy atom. The molecule has 0 atom stereocenters. The van der Waals surface area contributed by atoms with Crippen molar-refractivity contribution in [1.82, 2.24) is 9.88 Å². The first-order valence-corrected chi connectivity index (χ1v) is 6.15. The van der Waals surface area contributed by atoms with Crippen LogP contribution in [0.5, 0.6) is 5.75 Å². The van der Waals surface area contributed by atoms with E-state index in [0.717, 1.165) is 12.8 Å². The molecule has 2 rings (SSSR count). The van der Waals surface area contributed by atoms with Gasteiger partial charge in [0.05, 0.1) is 5.02 Å². The van der Waals surface area contributed by atoms with E-state index in [4.69, 9.17) is 28.6 Å². The van der Waals surface area contributed by atoms with Gasteiger partial charge in [-0.05, 0) is 0 Å². The average Bonchev–Trinajstić information content (AvgIpc) is 2.35. The molecular weight excluding hydrogens is 260 g/mol. The number of nitrogens with zero attached hydrogens (tertiary/aromatic N) is 1. The summed E-state index contributed by atoms with van der Waals surface area (Å²) >= 11 is 11.0. The molecular formula is C11H12ClN2O2S. The van der Waals surface area contributed by atoms with Crippen LogP contribution < -0.4 is 4.74 Å². The number of pyridine rings is 1. The van der Waals surface area contributed by atoms with E-state index in [0.29, 0.717) is 28.5 Å². The zero-order valence-electron chi connectivity index (χ0n) is 9.11. The van der Waals surface area contributed by atoms with Crippen molar-refractivity contribution >= 4 is 30.2 Å². The normalized spacial score (nSPS) is 16.9. The van der Waals surface area contributed by atoms with Crippen LogP contribution in [-0.4, -0.2) is 35.5 Å². The Morgan fingerprint density at radius 2 is 2.24 bits per heavy atom. The van der Waals surface area contributed by atoms with Crippen LogP contribution in [0.15, 0.2) is 12.3 Å². The average molecular weight is 272 g/mol. The molecule has 4 nitrogen and oxygen atoms in total. The van der Waals surface area contributed by atoms with E-state index in [1.165, 1.54) is 0 Å². The number of halogens is 1. The summed E-state index contributed by atoms with van der Waals surface area (Å²) < 4.78 is 6.37. The number of ether oxygens (including phenoxy) is 1. The SMILES string of the molecule is O=[C]N1CCC(Oc2cc(=S)[nH]cc2Cl)CC1. The van der Waals surface area contributed by atoms with Crippen LogP contribution in [-0.2, 0) is 4.79 Å². The summed E-state index contributed by atoms with van der Waals surface area (Å²) in [5.74, 6) is 0.601. The number of amides is 1. The molecule has 0 saturated carbocycles. The van der Waals surface area contributed by atoms with Crippen LogP contribution in [0.3, 0.4) is 0 Å². The van der Waals surface area contributed by atoms with E-state index in [1.54, 1.807) is 17.2 Å². The molecule has 1 radical (unpaired) electrons. The van der Waals surface area contributed by atoms with Gasteiger partial charge in [0.2, 0.25) is 0 Å². The lowest BCUT2D eigenvalue weighted by molar-refractivity contribution is 0.129. The fourth-order valence-electron chi connectivity index (χ4n) is 1.77. The number of carbonyl (C=O) groups excluding carboxylic acids is 1. The highest BCUT2D eigenvalue weighted by Gasteiger charge is 2.20. The minimum absolute atomic E-state index is 0.0777. The summed E-state index contributed by atoms with van der Waals surface area (Å²) in [6.07, 6.45) is 5.16. The van der Waals surface area contributed by atoms with Crippen LogP contribution in [0, 0.1) is 4.64 Å². The highest BCUT2D eigenvalue weighted by molar-refractivity contribution is 7.71. The summed E-state index contributed by atoms with van der Waals surface area (Å²) in [6.45, 7) is 1.34. The minimum atomic E-state index is 0.0777. The number of hydrogen-bond donors (Lipinski definition) is 1. The predicted molar refractivity (Wildman–Crippen MR) is 67.6 cm³/mol. The molecule has 0 spiro atoms. The van der Waals surface area contributed by atoms with Gasteiger partial charge in [-0.25, -0.2) is 0 Å². The van der Waals surface area contributed by atoms with Gasteiger partial charge >= 0.3 is 6.41 Å². The van der Waals surface area contributed by atoms with E-state index in [1.807, 2.05) is 6.41 Å². The third-order valence-electron chi connectivity index (χ3n) is 2.70. The van der Waals surface area contributed by atoms with Gasteiger partial charge in [-0.15, -0.1) is 0 Å². The second kappa shape index (κ2) is 5.51. The Balaban J connectivity index is 2.00. The summed E-state index contributed by atoms with van der Waals surface area (Å²) in [4.78, 5) is 14.9. The molecule has 1 aromatic rings. The number of hydrogen-bond acceptors (Lipinski definition) is 3. The number of aromatic amines is 1. The van der Waals surface area contributed by atoms with E-state index in [-0.39, 0.29) is 6.10 Å². The molecule has 2 heterocycles. The first-order valence-electron chi connectivity index (χ1n) is 5.36. The minimum Gasteiger partial charge on any atom is -0.489 e. The fourth-order valence-corrected chi connectivity index (χ4v) is 2.09. The van der Waals surface area contributed by atoms with Crippen molar-refractivity contribution in [1.29, 1.82) is 0 Å². The Labute approximate surface area is 110 Å². The topological polar surface area (TPSA) is 45.3 Å². The monoisotopic (exact) mass is 271 g/mol. The third kappa shape index (κ3) is 3.20. The van der Waals surface area contributed by atoms with E-state index >= 15 is 0 Å². The maximum absolute atomic E-state index is 10.4. The zero-order chi connectivity index (χ0) is 12.3. The van der Waals surface area contributed by atoms with Crippen LogP contribution >= 0.6 is 23.8 Å². The van der Waals surface area contributed by atoms with Gasteiger partial charge in [0.25, 0.3) is 0 Å². The number of aromatic nitrogens is 1. The van der Waals surface area contributed by atoms with E-state index in [9.17, 15) is 4.79 Å². The molecule has 0 bridgehead atoms. The maximum atomic E-state index is 10.4. The van der Waals surface area contributed by atoms with Crippen molar-refractivity contribution in [2.75, 3.05) is 13.1 Å². The molecule has 1 aliphatic rings. The first-order chi connectivity index (χ1) is 8.19. The Bertz CT molecular complexity index is 455. The van der Waals surface area contributed by atoms with Gasteiger partial charge in [-0.2, -0.15) is 0 Å². The lowest BCUT2D eigenvalue weighted by atomic mass is 10.1. The smallest absolute Gasteiger partial charge is 0.312 e. The van der Waals surface area contributed by atoms with Gasteiger partial charge in [0.15, 0.2) is 0 Å². The van der Waals surface area contributed by atoms with Crippen LogP contribution in [0.4, 0.5) is 0 Å². The van der Waals surface area contributed by atoms with Crippen molar-refractivity contribution in [2.24, 2.45) is 0 Å². The summed E-state index contributed by atoms with van der Waals surface area (Å²) in [5, 5.41) is 0.517. The van der Waals surface area contributed by atoms with Crippen LogP contribution in [0.1, 0.15) is 12.8 Å². The summed E-state index contributed by atoms with van der Waals surface area (Å²) in [6, 6.07) is 1.70. The molecule has 0 aliphatic carbocycles. The third-order valence-corrected chi connectivity index (χ3v) is 3.23. The van der Waals surface area contributed by atoms with Gasteiger partial charge in [0.1, 0.15) is 16.5 Å². The summed E-state index contributed by atoms with van der Waals surface area (Å²) in [7, 11) is 0. The van der Waals surface area contributed by atoms with Gasteiger partial charge in [-0.1, -0.05) is 23.8 Å². The van der Waals surface area contributed by atoms with Crippen LogP contribution in [0.25, 0.3) is 0 Å². The van der Waals surface area contributed by atoms with Crippen molar-refractivity contribution in [3.05, 3.63) is 21.9 Å². The Morgan fingerprint density at radius 3 is 2.88 bits per heavy atom. The number of H-pyrrole nitrogens is 1. The second-order valence-corrected chi connectivity index (χ2v) is 4.75. The number of rotatable bonds is 3. The maximum Gasteiger partial charge on any atom is 0.312 e. The summed E-state index contributed by atoms with van der Waals surface area (Å²) in [5.41, 5.74) is 0. The molecule has 17 heavy (non-hydrogen) atoms. The second-order valence-electron chi connectivity index (χ2n) is 3.90. The van der Waals surface area contributed by atoms with Crippen molar-refractivity contribution in [3.8, 4) is 5.75 Å². The number of likely N-dealkylation sites (tertiary alicyclic amines) is 1. The van der Waals surface area contributed by atoms with Crippen molar-refractivity contribution < 1.29 is 9.53 Å². The van der Waals surface area contributed by atoms with Gasteiger partial charge in [0, 0.05) is 38.2 Å². The molecule has 1 fully saturated rings. The highest BCUT2D eigenvalue weighted by Crippen LogP contribution is 2.26. The van der Waals surface area contributed by atoms with Gasteiger partial charge in [-0.3, -0.25) is 4.79 Å². The lowest BCUT2D eigenvalue weighted by Gasteiger charge is -2.29. The predicted octanol–water partition coefficient (Wildman–Crippen LogP) is 2.31. The molecule has 91 valence electrons. The Kier molecular flexibility index (Phi) is 4.02. The zero-order valence-corrected chi connectivity index (χ0v) is 10.7. The highest BCUT2D eigenvalue weighted by atomic mass is 35.5. The van der Waals surface area contributed by atoms with E-state index < -0.39 is 0 Å². The van der Waals surface area contributed by atoms with E-state index in [2.05, 4.69) is 4.98 Å². The molecule has 1 amide bonds. The lowest BCUT2D eigenvalue weighted by Crippen LogP contribution is -2.37. The molecule has 1 N–H and O–H groups in total. The first kappa shape index (κ1) is 12.4. The standard InChI is InChI=1S/C11H12ClN2O2S/c12-9-6-13-11(17)5-10(9)16-8-1-3-14(7-15)4-2-8/h5-6,8H,1-4H2,(H,13,17). The number of nitrogens with one attached hydrogen (secondary N) is 1. The molecule has 6 heteroatoms. The van der Waals surface area contributed by atoms with Crippen LogP contribution in [0.2, 0.25) is 5.02 Å². The Hall–Kier alpha value is -1.07. The molecule has 1 aliphatic heterocycles. The molecule has 0 unspecified atom stereocenters. The van der Waals surface area contributed by atoms with Gasteiger partial charge < -0.3 is 14.6 Å². The largest absolute Gasteiger partial charge is 0.489 e. The molecule has 0 aromatic carbocycles. The molecule has 1 aromatic heterocycles. The number of piperidine rings is 1.